The summed E-state index contributed by atoms with van der Waals surface area (Å²) in [6, 6.07) is 0. The van der Waals surface area contributed by atoms with Gasteiger partial charge >= 0.3 is 0 Å². The normalized spacial score (nSPS) is 15.9. The van der Waals surface area contributed by atoms with Crippen molar-refractivity contribution in [2.75, 3.05) is 33.2 Å². The Morgan fingerprint density at radius 2 is 1.88 bits per heavy atom. The van der Waals surface area contributed by atoms with Crippen LogP contribution >= 0.6 is 0 Å². The van der Waals surface area contributed by atoms with Crippen molar-refractivity contribution in [2.45, 2.75) is 25.7 Å². The van der Waals surface area contributed by atoms with E-state index in [0.29, 0.717) is 19.5 Å². The molecule has 16 heavy (non-hydrogen) atoms. The molecule has 0 spiro atoms. The highest BCUT2D eigenvalue weighted by atomic mass is 16.2. The monoisotopic (exact) mass is 227 g/mol. The standard InChI is InChI=1S/C11H21N3O2/c1-12-10(15)5-6-13-9-11(16)14-7-3-2-4-8-14/h13H,2-9H2,1H3,(H,12,15). The molecule has 1 rings (SSSR count). The van der Waals surface area contributed by atoms with Crippen molar-refractivity contribution in [3.05, 3.63) is 0 Å². The summed E-state index contributed by atoms with van der Waals surface area (Å²) in [6.07, 6.45) is 3.88. The summed E-state index contributed by atoms with van der Waals surface area (Å²) in [5, 5.41) is 5.54. The number of likely N-dealkylation sites (tertiary alicyclic amines) is 1. The molecular weight excluding hydrogens is 206 g/mol. The van der Waals surface area contributed by atoms with E-state index in [1.165, 1.54) is 6.42 Å². The Hall–Kier alpha value is -1.10. The van der Waals surface area contributed by atoms with Gasteiger partial charge in [-0.3, -0.25) is 9.59 Å². The predicted octanol–water partition coefficient (Wildman–Crippen LogP) is -0.275. The average Bonchev–Trinajstić information content (AvgIpc) is 2.35. The van der Waals surface area contributed by atoms with Gasteiger partial charge in [-0.15, -0.1) is 0 Å². The fourth-order valence-corrected chi connectivity index (χ4v) is 1.78. The van der Waals surface area contributed by atoms with Crippen molar-refractivity contribution in [2.24, 2.45) is 0 Å². The zero-order valence-corrected chi connectivity index (χ0v) is 9.92. The Labute approximate surface area is 96.6 Å². The zero-order chi connectivity index (χ0) is 11.8. The molecule has 0 radical (unpaired) electrons. The van der Waals surface area contributed by atoms with Crippen LogP contribution in [0.4, 0.5) is 0 Å². The molecule has 0 aliphatic carbocycles. The van der Waals surface area contributed by atoms with E-state index >= 15 is 0 Å². The Morgan fingerprint density at radius 1 is 1.19 bits per heavy atom. The van der Waals surface area contributed by atoms with Gasteiger partial charge in [0.2, 0.25) is 11.8 Å². The van der Waals surface area contributed by atoms with Gasteiger partial charge in [0.05, 0.1) is 6.54 Å². The number of hydrogen-bond acceptors (Lipinski definition) is 3. The summed E-state index contributed by atoms with van der Waals surface area (Å²) in [4.78, 5) is 24.5. The molecule has 1 fully saturated rings. The maximum Gasteiger partial charge on any atom is 0.236 e. The predicted molar refractivity (Wildman–Crippen MR) is 62.0 cm³/mol. The second-order valence-electron chi connectivity index (χ2n) is 4.04. The molecule has 1 aliphatic rings. The number of nitrogens with zero attached hydrogens (tertiary/aromatic N) is 1. The second kappa shape index (κ2) is 7.22. The van der Waals surface area contributed by atoms with Crippen molar-refractivity contribution in [1.82, 2.24) is 15.5 Å². The van der Waals surface area contributed by atoms with Crippen LogP contribution in [0.1, 0.15) is 25.7 Å². The maximum absolute atomic E-state index is 11.7. The molecule has 0 aromatic heterocycles. The fourth-order valence-electron chi connectivity index (χ4n) is 1.78. The lowest BCUT2D eigenvalue weighted by atomic mass is 10.1. The van der Waals surface area contributed by atoms with Crippen LogP contribution in [0.15, 0.2) is 0 Å². The van der Waals surface area contributed by atoms with Crippen LogP contribution in [-0.2, 0) is 9.59 Å². The van der Waals surface area contributed by atoms with Gasteiger partial charge in [0.25, 0.3) is 0 Å². The molecule has 5 heteroatoms. The van der Waals surface area contributed by atoms with Crippen LogP contribution in [0.2, 0.25) is 0 Å². The third-order valence-electron chi connectivity index (χ3n) is 2.79. The van der Waals surface area contributed by atoms with Crippen LogP contribution in [0.5, 0.6) is 0 Å². The fraction of sp³-hybridized carbons (Fsp3) is 0.818. The lowest BCUT2D eigenvalue weighted by Crippen LogP contribution is -2.41. The Morgan fingerprint density at radius 3 is 2.50 bits per heavy atom. The van der Waals surface area contributed by atoms with Crippen molar-refractivity contribution in [1.29, 1.82) is 0 Å². The average molecular weight is 227 g/mol. The second-order valence-corrected chi connectivity index (χ2v) is 4.04. The lowest BCUT2D eigenvalue weighted by molar-refractivity contribution is -0.131. The summed E-state index contributed by atoms with van der Waals surface area (Å²) < 4.78 is 0. The van der Waals surface area contributed by atoms with E-state index in [9.17, 15) is 9.59 Å². The van der Waals surface area contributed by atoms with Gasteiger partial charge in [-0.25, -0.2) is 0 Å². The third kappa shape index (κ3) is 4.61. The number of rotatable bonds is 5. The van der Waals surface area contributed by atoms with E-state index in [1.807, 2.05) is 4.90 Å². The first kappa shape index (κ1) is 13.0. The molecule has 0 bridgehead atoms. The molecule has 0 saturated carbocycles. The molecule has 0 aromatic rings. The number of piperidine rings is 1. The van der Waals surface area contributed by atoms with Crippen LogP contribution < -0.4 is 10.6 Å². The summed E-state index contributed by atoms with van der Waals surface area (Å²) in [7, 11) is 1.61. The van der Waals surface area contributed by atoms with Gasteiger partial charge in [-0.05, 0) is 19.3 Å². The van der Waals surface area contributed by atoms with Gasteiger partial charge in [-0.2, -0.15) is 0 Å². The molecule has 2 N–H and O–H groups in total. The van der Waals surface area contributed by atoms with Crippen LogP contribution in [0.25, 0.3) is 0 Å². The third-order valence-corrected chi connectivity index (χ3v) is 2.79. The summed E-state index contributed by atoms with van der Waals surface area (Å²) in [5.41, 5.74) is 0. The van der Waals surface area contributed by atoms with E-state index in [4.69, 9.17) is 0 Å². The Balaban J connectivity index is 2.07. The number of carbonyl (C=O) groups is 2. The minimum Gasteiger partial charge on any atom is -0.359 e. The number of carbonyl (C=O) groups excluding carboxylic acids is 2. The van der Waals surface area contributed by atoms with Crippen LogP contribution in [0.3, 0.4) is 0 Å². The Kier molecular flexibility index (Phi) is 5.85. The first-order valence-corrected chi connectivity index (χ1v) is 5.93. The van der Waals surface area contributed by atoms with Gasteiger partial charge in [0, 0.05) is 33.1 Å². The topological polar surface area (TPSA) is 61.4 Å². The van der Waals surface area contributed by atoms with Gasteiger partial charge in [0.1, 0.15) is 0 Å². The van der Waals surface area contributed by atoms with Crippen molar-refractivity contribution < 1.29 is 9.59 Å². The van der Waals surface area contributed by atoms with Gasteiger partial charge in [0.15, 0.2) is 0 Å². The number of hydrogen-bond donors (Lipinski definition) is 2. The largest absolute Gasteiger partial charge is 0.359 e. The molecule has 5 nitrogen and oxygen atoms in total. The lowest BCUT2D eigenvalue weighted by Gasteiger charge is -2.26. The summed E-state index contributed by atoms with van der Waals surface area (Å²) in [5.74, 6) is 0.148. The molecule has 2 amide bonds. The zero-order valence-electron chi connectivity index (χ0n) is 9.92. The highest BCUT2D eigenvalue weighted by Gasteiger charge is 2.15. The maximum atomic E-state index is 11.7. The Bertz CT molecular complexity index is 237. The molecule has 0 unspecified atom stereocenters. The molecule has 92 valence electrons. The van der Waals surface area contributed by atoms with Crippen molar-refractivity contribution in [3.8, 4) is 0 Å². The van der Waals surface area contributed by atoms with Gasteiger partial charge < -0.3 is 15.5 Å². The summed E-state index contributed by atoms with van der Waals surface area (Å²) >= 11 is 0. The molecular formula is C11H21N3O2. The quantitative estimate of drug-likeness (QED) is 0.635. The van der Waals surface area contributed by atoms with E-state index < -0.39 is 0 Å². The minimum atomic E-state index is -0.00192. The van der Waals surface area contributed by atoms with E-state index in [-0.39, 0.29) is 11.8 Å². The van der Waals surface area contributed by atoms with Crippen LogP contribution in [0, 0.1) is 0 Å². The first-order valence-electron chi connectivity index (χ1n) is 5.93. The SMILES string of the molecule is CNC(=O)CCNCC(=O)N1CCCCC1. The van der Waals surface area contributed by atoms with Gasteiger partial charge in [-0.1, -0.05) is 0 Å². The summed E-state index contributed by atoms with van der Waals surface area (Å²) in [6.45, 7) is 2.67. The van der Waals surface area contributed by atoms with E-state index in [0.717, 1.165) is 25.9 Å². The first-order chi connectivity index (χ1) is 7.74. The highest BCUT2D eigenvalue weighted by Crippen LogP contribution is 2.07. The van der Waals surface area contributed by atoms with Crippen molar-refractivity contribution >= 4 is 11.8 Å². The van der Waals surface area contributed by atoms with E-state index in [2.05, 4.69) is 10.6 Å². The molecule has 1 heterocycles. The molecule has 1 aliphatic heterocycles. The minimum absolute atomic E-state index is 0.00192. The smallest absolute Gasteiger partial charge is 0.236 e. The number of nitrogens with one attached hydrogen (secondary N) is 2. The van der Waals surface area contributed by atoms with Crippen LogP contribution in [-0.4, -0.2) is 49.9 Å². The molecule has 1 saturated heterocycles. The molecule has 0 aromatic carbocycles. The number of amides is 2. The van der Waals surface area contributed by atoms with Crippen molar-refractivity contribution in [3.63, 3.8) is 0 Å². The van der Waals surface area contributed by atoms with E-state index in [1.54, 1.807) is 7.05 Å². The highest BCUT2D eigenvalue weighted by molar-refractivity contribution is 5.78. The molecule has 0 atom stereocenters.